The van der Waals surface area contributed by atoms with Gasteiger partial charge >= 0.3 is 0 Å². The normalized spacial score (nSPS) is 46.1. The summed E-state index contributed by atoms with van der Waals surface area (Å²) < 4.78 is 0. The summed E-state index contributed by atoms with van der Waals surface area (Å²) in [6, 6.07) is 0. The first-order valence-electron chi connectivity index (χ1n) is 7.39. The van der Waals surface area contributed by atoms with Crippen molar-refractivity contribution in [3.63, 3.8) is 0 Å². The van der Waals surface area contributed by atoms with E-state index in [1.165, 1.54) is 37.7 Å². The molecule has 1 N–H and O–H groups in total. The average molecular weight is 230 g/mol. The molecule has 0 spiro atoms. The van der Waals surface area contributed by atoms with Gasteiger partial charge in [0, 0.05) is 0 Å². The lowest BCUT2D eigenvalue weighted by molar-refractivity contribution is 0.0269. The molecule has 2 saturated carbocycles. The maximum Gasteiger partial charge on any atom is 0.0859 e. The molecule has 17 heavy (non-hydrogen) atoms. The third kappa shape index (κ3) is 1.35. The molecule has 0 amide bonds. The van der Waals surface area contributed by atoms with E-state index in [1.807, 2.05) is 0 Å². The van der Waals surface area contributed by atoms with Gasteiger partial charge in [0.2, 0.25) is 0 Å². The minimum absolute atomic E-state index is 0.411. The van der Waals surface area contributed by atoms with Crippen LogP contribution in [0.4, 0.5) is 0 Å². The highest BCUT2D eigenvalue weighted by molar-refractivity contribution is 5.34. The molecule has 0 aromatic rings. The fourth-order valence-corrected chi connectivity index (χ4v) is 5.03. The monoisotopic (exact) mass is 230 g/mol. The second-order valence-corrected chi connectivity index (χ2v) is 6.63. The first-order valence-corrected chi connectivity index (χ1v) is 7.39. The van der Waals surface area contributed by atoms with Crippen LogP contribution in [0.15, 0.2) is 23.8 Å². The first-order chi connectivity index (χ1) is 8.28. The zero-order chi connectivity index (χ0) is 11.5. The summed E-state index contributed by atoms with van der Waals surface area (Å²) in [4.78, 5) is 0. The SMILES string of the molecule is OC1(C2=C[C@H]3C[C@@H]2C2CC=CC23)CCCCC1. The van der Waals surface area contributed by atoms with E-state index in [4.69, 9.17) is 0 Å². The first kappa shape index (κ1) is 10.4. The summed E-state index contributed by atoms with van der Waals surface area (Å²) >= 11 is 0. The molecule has 4 rings (SSSR count). The molecule has 0 aromatic heterocycles. The van der Waals surface area contributed by atoms with Crippen LogP contribution >= 0.6 is 0 Å². The molecule has 0 aromatic carbocycles. The quantitative estimate of drug-likeness (QED) is 0.684. The zero-order valence-electron chi connectivity index (χ0n) is 10.4. The molecule has 1 heteroatoms. The number of hydrogen-bond acceptors (Lipinski definition) is 1. The Morgan fingerprint density at radius 3 is 2.82 bits per heavy atom. The van der Waals surface area contributed by atoms with Gasteiger partial charge in [0.25, 0.3) is 0 Å². The molecule has 2 unspecified atom stereocenters. The lowest BCUT2D eigenvalue weighted by Gasteiger charge is -2.39. The van der Waals surface area contributed by atoms with Crippen LogP contribution in [-0.2, 0) is 0 Å². The Bertz CT molecular complexity index is 386. The molecular formula is C16H22O. The third-order valence-corrected chi connectivity index (χ3v) is 5.81. The van der Waals surface area contributed by atoms with Crippen molar-refractivity contribution in [3.05, 3.63) is 23.8 Å². The fourth-order valence-electron chi connectivity index (χ4n) is 5.03. The van der Waals surface area contributed by atoms with Crippen molar-refractivity contribution in [2.75, 3.05) is 0 Å². The fraction of sp³-hybridized carbons (Fsp3) is 0.750. The van der Waals surface area contributed by atoms with Gasteiger partial charge < -0.3 is 5.11 Å². The predicted octanol–water partition coefficient (Wildman–Crippen LogP) is 3.45. The molecule has 0 heterocycles. The van der Waals surface area contributed by atoms with E-state index < -0.39 is 5.60 Å². The zero-order valence-corrected chi connectivity index (χ0v) is 10.4. The Morgan fingerprint density at radius 2 is 2.00 bits per heavy atom. The molecule has 0 radical (unpaired) electrons. The van der Waals surface area contributed by atoms with Gasteiger partial charge in [-0.25, -0.2) is 0 Å². The van der Waals surface area contributed by atoms with Gasteiger partial charge in [0.15, 0.2) is 0 Å². The summed E-state index contributed by atoms with van der Waals surface area (Å²) in [5.74, 6) is 3.12. The van der Waals surface area contributed by atoms with Crippen molar-refractivity contribution in [1.82, 2.24) is 0 Å². The van der Waals surface area contributed by atoms with Crippen LogP contribution in [0.2, 0.25) is 0 Å². The van der Waals surface area contributed by atoms with Gasteiger partial charge in [-0.15, -0.1) is 0 Å². The van der Waals surface area contributed by atoms with Gasteiger partial charge in [-0.05, 0) is 54.9 Å². The van der Waals surface area contributed by atoms with Crippen molar-refractivity contribution < 1.29 is 5.11 Å². The van der Waals surface area contributed by atoms with Crippen LogP contribution < -0.4 is 0 Å². The molecule has 0 saturated heterocycles. The summed E-state index contributed by atoms with van der Waals surface area (Å²) in [6.07, 6.45) is 15.7. The maximum absolute atomic E-state index is 10.9. The maximum atomic E-state index is 10.9. The van der Waals surface area contributed by atoms with Crippen molar-refractivity contribution >= 4 is 0 Å². The van der Waals surface area contributed by atoms with E-state index in [2.05, 4.69) is 18.2 Å². The van der Waals surface area contributed by atoms with Gasteiger partial charge in [0.1, 0.15) is 0 Å². The topological polar surface area (TPSA) is 20.2 Å². The number of rotatable bonds is 1. The standard InChI is InChI=1S/C16H22O/c17-16(7-2-1-3-8-16)15-10-11-9-14(15)13-6-4-5-12(11)13/h4-5,10-14,17H,1-3,6-9H2/t11-,12?,13?,14-/m1/s1. The van der Waals surface area contributed by atoms with Crippen molar-refractivity contribution in [3.8, 4) is 0 Å². The van der Waals surface area contributed by atoms with Crippen LogP contribution in [0.5, 0.6) is 0 Å². The molecule has 2 bridgehead atoms. The Morgan fingerprint density at radius 1 is 1.18 bits per heavy atom. The molecule has 0 aliphatic heterocycles. The van der Waals surface area contributed by atoms with Crippen LogP contribution in [0, 0.1) is 23.7 Å². The molecule has 1 nitrogen and oxygen atoms in total. The predicted molar refractivity (Wildman–Crippen MR) is 68.5 cm³/mol. The smallest absolute Gasteiger partial charge is 0.0859 e. The molecule has 4 aliphatic carbocycles. The lowest BCUT2D eigenvalue weighted by Crippen LogP contribution is -2.38. The Hall–Kier alpha value is -0.560. The van der Waals surface area contributed by atoms with Gasteiger partial charge in [-0.1, -0.05) is 37.5 Å². The highest BCUT2D eigenvalue weighted by Crippen LogP contribution is 2.59. The Labute approximate surface area is 104 Å². The van der Waals surface area contributed by atoms with Crippen LogP contribution in [0.1, 0.15) is 44.9 Å². The van der Waals surface area contributed by atoms with Crippen molar-refractivity contribution in [1.29, 1.82) is 0 Å². The van der Waals surface area contributed by atoms with Crippen LogP contribution in [0.25, 0.3) is 0 Å². The van der Waals surface area contributed by atoms with E-state index in [-0.39, 0.29) is 0 Å². The second kappa shape index (κ2) is 3.47. The Kier molecular flexibility index (Phi) is 2.12. The summed E-state index contributed by atoms with van der Waals surface area (Å²) in [5.41, 5.74) is 1.04. The molecule has 2 fully saturated rings. The van der Waals surface area contributed by atoms with Crippen molar-refractivity contribution in [2.24, 2.45) is 23.7 Å². The lowest BCUT2D eigenvalue weighted by atomic mass is 9.70. The highest BCUT2D eigenvalue weighted by atomic mass is 16.3. The highest BCUT2D eigenvalue weighted by Gasteiger charge is 2.52. The molecule has 4 aliphatic rings. The molecule has 4 atom stereocenters. The van der Waals surface area contributed by atoms with E-state index >= 15 is 0 Å². The minimum atomic E-state index is -0.411. The number of allylic oxidation sites excluding steroid dienone is 3. The van der Waals surface area contributed by atoms with Crippen LogP contribution in [-0.4, -0.2) is 10.7 Å². The average Bonchev–Trinajstić information content (AvgIpc) is 3.02. The summed E-state index contributed by atoms with van der Waals surface area (Å²) in [6.45, 7) is 0. The van der Waals surface area contributed by atoms with Gasteiger partial charge in [-0.2, -0.15) is 0 Å². The summed E-state index contributed by atoms with van der Waals surface area (Å²) in [7, 11) is 0. The second-order valence-electron chi connectivity index (χ2n) is 6.63. The molecular weight excluding hydrogens is 208 g/mol. The summed E-state index contributed by atoms with van der Waals surface area (Å²) in [5, 5.41) is 10.9. The number of aliphatic hydroxyl groups is 1. The number of fused-ring (bicyclic) bond motifs is 5. The van der Waals surface area contributed by atoms with Gasteiger partial charge in [0.05, 0.1) is 5.60 Å². The largest absolute Gasteiger partial charge is 0.386 e. The van der Waals surface area contributed by atoms with Crippen molar-refractivity contribution in [2.45, 2.75) is 50.5 Å². The van der Waals surface area contributed by atoms with E-state index in [0.29, 0.717) is 5.92 Å². The Balaban J connectivity index is 1.64. The minimum Gasteiger partial charge on any atom is -0.386 e. The molecule has 92 valence electrons. The van der Waals surface area contributed by atoms with Gasteiger partial charge in [-0.3, -0.25) is 0 Å². The van der Waals surface area contributed by atoms with E-state index in [1.54, 1.807) is 0 Å². The number of hydrogen-bond donors (Lipinski definition) is 1. The van der Waals surface area contributed by atoms with Crippen LogP contribution in [0.3, 0.4) is 0 Å². The van der Waals surface area contributed by atoms with E-state index in [0.717, 1.165) is 30.6 Å². The van der Waals surface area contributed by atoms with E-state index in [9.17, 15) is 5.11 Å². The third-order valence-electron chi connectivity index (χ3n) is 5.81.